The number of ether oxygens (including phenoxy) is 1. The fourth-order valence-electron chi connectivity index (χ4n) is 3.89. The van der Waals surface area contributed by atoms with Gasteiger partial charge in [0.25, 0.3) is 11.8 Å². The fourth-order valence-corrected chi connectivity index (χ4v) is 4.29. The largest absolute Gasteiger partial charge is 0.495 e. The Morgan fingerprint density at radius 3 is 2.64 bits per heavy atom. The van der Waals surface area contributed by atoms with E-state index in [1.807, 2.05) is 0 Å². The van der Waals surface area contributed by atoms with Crippen LogP contribution in [0.25, 0.3) is 0 Å². The highest BCUT2D eigenvalue weighted by molar-refractivity contribution is 6.34. The zero-order chi connectivity index (χ0) is 23.5. The highest BCUT2D eigenvalue weighted by Gasteiger charge is 2.27. The van der Waals surface area contributed by atoms with E-state index >= 15 is 0 Å². The van der Waals surface area contributed by atoms with Gasteiger partial charge in [0.05, 0.1) is 29.5 Å². The van der Waals surface area contributed by atoms with E-state index in [0.717, 1.165) is 0 Å². The Morgan fingerprint density at radius 1 is 1.09 bits per heavy atom. The molecule has 1 atom stereocenters. The molecule has 0 bridgehead atoms. The third-order valence-electron chi connectivity index (χ3n) is 5.56. The van der Waals surface area contributed by atoms with E-state index in [4.69, 9.17) is 27.9 Å². The van der Waals surface area contributed by atoms with Gasteiger partial charge < -0.3 is 20.1 Å². The molecule has 0 radical (unpaired) electrons. The third-order valence-corrected chi connectivity index (χ3v) is 6.12. The van der Waals surface area contributed by atoms with Crippen LogP contribution in [0.3, 0.4) is 0 Å². The van der Waals surface area contributed by atoms with E-state index in [9.17, 15) is 14.7 Å². The molecule has 2 N–H and O–H groups in total. The summed E-state index contributed by atoms with van der Waals surface area (Å²) in [5.41, 5.74) is 2.39. The normalized spacial score (nSPS) is 15.4. The van der Waals surface area contributed by atoms with Crippen LogP contribution < -0.4 is 15.0 Å². The van der Waals surface area contributed by atoms with Gasteiger partial charge in [0, 0.05) is 28.4 Å². The first kappa shape index (κ1) is 23.1. The van der Waals surface area contributed by atoms with Crippen LogP contribution in [-0.2, 0) is 0 Å². The van der Waals surface area contributed by atoms with Gasteiger partial charge in [-0.05, 0) is 61.4 Å². The summed E-state index contributed by atoms with van der Waals surface area (Å²) in [5.74, 6) is -0.285. The van der Waals surface area contributed by atoms with Crippen molar-refractivity contribution in [1.29, 1.82) is 0 Å². The number of rotatable bonds is 4. The molecule has 6 nitrogen and oxygen atoms in total. The lowest BCUT2D eigenvalue weighted by Gasteiger charge is -2.24. The van der Waals surface area contributed by atoms with Crippen LogP contribution in [0.2, 0.25) is 10.0 Å². The molecule has 1 unspecified atom stereocenters. The van der Waals surface area contributed by atoms with E-state index in [2.05, 4.69) is 5.32 Å². The first-order valence-corrected chi connectivity index (χ1v) is 11.2. The average molecular weight is 485 g/mol. The molecule has 8 heteroatoms. The van der Waals surface area contributed by atoms with Gasteiger partial charge >= 0.3 is 0 Å². The number of anilines is 2. The maximum Gasteiger partial charge on any atom is 0.258 e. The van der Waals surface area contributed by atoms with Crippen molar-refractivity contribution in [2.24, 2.45) is 0 Å². The molecular formula is C25H22Cl2N2O4. The van der Waals surface area contributed by atoms with Crippen molar-refractivity contribution in [3.8, 4) is 5.75 Å². The molecule has 3 aromatic carbocycles. The number of fused-ring (bicyclic) bond motifs is 1. The van der Waals surface area contributed by atoms with Gasteiger partial charge in [0.15, 0.2) is 0 Å². The van der Waals surface area contributed by atoms with Crippen LogP contribution in [0, 0.1) is 0 Å². The van der Waals surface area contributed by atoms with Gasteiger partial charge in [-0.15, -0.1) is 0 Å². The monoisotopic (exact) mass is 484 g/mol. The van der Waals surface area contributed by atoms with Crippen LogP contribution in [0.15, 0.2) is 60.7 Å². The zero-order valence-corrected chi connectivity index (χ0v) is 19.4. The number of amides is 2. The summed E-state index contributed by atoms with van der Waals surface area (Å²) < 4.78 is 5.44. The Kier molecular flexibility index (Phi) is 6.88. The van der Waals surface area contributed by atoms with Crippen molar-refractivity contribution in [3.63, 3.8) is 0 Å². The third kappa shape index (κ3) is 4.83. The number of benzene rings is 3. The predicted octanol–water partition coefficient (Wildman–Crippen LogP) is 5.73. The minimum atomic E-state index is -0.687. The van der Waals surface area contributed by atoms with Crippen molar-refractivity contribution in [2.75, 3.05) is 23.9 Å². The van der Waals surface area contributed by atoms with Crippen LogP contribution >= 0.6 is 23.2 Å². The molecule has 4 rings (SSSR count). The number of halogens is 2. The second kappa shape index (κ2) is 9.83. The Bertz CT molecular complexity index is 1210. The molecule has 33 heavy (non-hydrogen) atoms. The average Bonchev–Trinajstić information content (AvgIpc) is 2.97. The summed E-state index contributed by atoms with van der Waals surface area (Å²) in [4.78, 5) is 27.7. The maximum absolute atomic E-state index is 13.4. The number of nitrogens with zero attached hydrogens (tertiary/aromatic N) is 1. The molecular weight excluding hydrogens is 463 g/mol. The molecule has 1 aliphatic heterocycles. The highest BCUT2D eigenvalue weighted by Crippen LogP contribution is 2.36. The number of aliphatic hydroxyl groups is 1. The first-order valence-electron chi connectivity index (χ1n) is 10.4. The van der Waals surface area contributed by atoms with Gasteiger partial charge in [-0.3, -0.25) is 9.59 Å². The van der Waals surface area contributed by atoms with Crippen molar-refractivity contribution in [3.05, 3.63) is 87.4 Å². The van der Waals surface area contributed by atoms with Gasteiger partial charge in [-0.2, -0.15) is 0 Å². The summed E-state index contributed by atoms with van der Waals surface area (Å²) in [7, 11) is 1.47. The number of carbonyl (C=O) groups excluding carboxylic acids is 2. The Balaban J connectivity index is 1.63. The van der Waals surface area contributed by atoms with Crippen molar-refractivity contribution in [1.82, 2.24) is 0 Å². The van der Waals surface area contributed by atoms with Crippen LogP contribution in [0.4, 0.5) is 11.4 Å². The summed E-state index contributed by atoms with van der Waals surface area (Å²) in [5, 5.41) is 14.1. The SMILES string of the molecule is COc1cc(C(=O)N2CCCC(O)c3cc(Cl)ccc32)ccc1NC(=O)c1ccccc1Cl. The molecule has 0 spiro atoms. The Morgan fingerprint density at radius 2 is 1.88 bits per heavy atom. The summed E-state index contributed by atoms with van der Waals surface area (Å²) in [6.07, 6.45) is 0.490. The van der Waals surface area contributed by atoms with Crippen LogP contribution in [-0.4, -0.2) is 30.6 Å². The van der Waals surface area contributed by atoms with E-state index in [1.54, 1.807) is 65.6 Å². The number of carbonyl (C=O) groups is 2. The number of hydrogen-bond acceptors (Lipinski definition) is 4. The molecule has 0 saturated carbocycles. The molecule has 0 saturated heterocycles. The molecule has 3 aromatic rings. The molecule has 0 aromatic heterocycles. The standard InChI is InChI=1S/C25H22Cl2N2O4/c1-33-23-13-15(8-10-20(23)28-24(31)17-5-2-3-6-19(17)27)25(32)29-12-4-7-22(30)18-14-16(26)9-11-21(18)29/h2-3,5-6,8-11,13-14,22,30H,4,7,12H2,1H3,(H,28,31). The predicted molar refractivity (Wildman–Crippen MR) is 130 cm³/mol. The van der Waals surface area contributed by atoms with E-state index in [1.165, 1.54) is 7.11 Å². The second-order valence-electron chi connectivity index (χ2n) is 7.67. The molecule has 0 aliphatic carbocycles. The minimum absolute atomic E-state index is 0.241. The molecule has 2 amide bonds. The van der Waals surface area contributed by atoms with Gasteiger partial charge in [-0.1, -0.05) is 35.3 Å². The summed E-state index contributed by atoms with van der Waals surface area (Å²) in [6, 6.07) is 16.7. The van der Waals surface area contributed by atoms with E-state index < -0.39 is 6.10 Å². The van der Waals surface area contributed by atoms with Crippen molar-refractivity contribution < 1.29 is 19.4 Å². The quantitative estimate of drug-likeness (QED) is 0.495. The van der Waals surface area contributed by atoms with E-state index in [-0.39, 0.29) is 11.8 Å². The summed E-state index contributed by atoms with van der Waals surface area (Å²) in [6.45, 7) is 0.456. The maximum atomic E-state index is 13.4. The summed E-state index contributed by atoms with van der Waals surface area (Å²) >= 11 is 12.2. The van der Waals surface area contributed by atoms with Crippen molar-refractivity contribution >= 4 is 46.4 Å². The van der Waals surface area contributed by atoms with Crippen LogP contribution in [0.5, 0.6) is 5.75 Å². The van der Waals surface area contributed by atoms with Crippen molar-refractivity contribution in [2.45, 2.75) is 18.9 Å². The van der Waals surface area contributed by atoms with Gasteiger partial charge in [0.2, 0.25) is 0 Å². The fraction of sp³-hybridized carbons (Fsp3) is 0.200. The van der Waals surface area contributed by atoms with E-state index in [0.29, 0.717) is 63.2 Å². The zero-order valence-electron chi connectivity index (χ0n) is 17.8. The van der Waals surface area contributed by atoms with Gasteiger partial charge in [-0.25, -0.2) is 0 Å². The number of hydrogen-bond donors (Lipinski definition) is 2. The first-order chi connectivity index (χ1) is 15.9. The molecule has 0 fully saturated rings. The molecule has 1 heterocycles. The molecule has 1 aliphatic rings. The lowest BCUT2D eigenvalue weighted by Crippen LogP contribution is -2.31. The van der Waals surface area contributed by atoms with Crippen LogP contribution in [0.1, 0.15) is 45.2 Å². The molecule has 170 valence electrons. The lowest BCUT2D eigenvalue weighted by atomic mass is 10.0. The Hall–Kier alpha value is -3.06. The topological polar surface area (TPSA) is 78.9 Å². The second-order valence-corrected chi connectivity index (χ2v) is 8.51. The smallest absolute Gasteiger partial charge is 0.258 e. The highest BCUT2D eigenvalue weighted by atomic mass is 35.5. The number of aliphatic hydroxyl groups excluding tert-OH is 1. The van der Waals surface area contributed by atoms with Gasteiger partial charge in [0.1, 0.15) is 5.75 Å². The Labute approximate surface area is 201 Å². The lowest BCUT2D eigenvalue weighted by molar-refractivity contribution is 0.0985. The number of methoxy groups -OCH3 is 1. The minimum Gasteiger partial charge on any atom is -0.495 e. The number of nitrogens with one attached hydrogen (secondary N) is 1.